The number of allylic oxidation sites excluding steroid dienone is 2. The summed E-state index contributed by atoms with van der Waals surface area (Å²) in [6, 6.07) is 19.3. The third kappa shape index (κ3) is 4.01. The molecule has 0 spiro atoms. The molecule has 3 N–H and O–H groups in total. The van der Waals surface area contributed by atoms with Crippen LogP contribution in [0, 0.1) is 0 Å². The van der Waals surface area contributed by atoms with Gasteiger partial charge in [-0.25, -0.2) is 4.68 Å². The van der Waals surface area contributed by atoms with E-state index < -0.39 is 6.04 Å². The molecule has 1 aliphatic heterocycles. The van der Waals surface area contributed by atoms with Crippen LogP contribution in [0.25, 0.3) is 0 Å². The number of fused-ring (bicyclic) bond motifs is 1. The highest BCUT2D eigenvalue weighted by Crippen LogP contribution is 2.46. The maximum absolute atomic E-state index is 13.6. The van der Waals surface area contributed by atoms with Gasteiger partial charge in [-0.2, -0.15) is 4.98 Å². The van der Waals surface area contributed by atoms with Gasteiger partial charge in [-0.05, 0) is 41.1 Å². The Bertz CT molecular complexity index is 1450. The molecule has 2 aliphatic rings. The second-order valence-electron chi connectivity index (χ2n) is 8.89. The second kappa shape index (κ2) is 9.16. The minimum absolute atomic E-state index is 0.0928. The van der Waals surface area contributed by atoms with E-state index >= 15 is 0 Å². The van der Waals surface area contributed by atoms with Gasteiger partial charge in [-0.15, -0.1) is 16.4 Å². The molecule has 0 radical (unpaired) electrons. The fraction of sp³-hybridized carbons (Fsp3) is 0.222. The van der Waals surface area contributed by atoms with Crippen LogP contribution in [0.2, 0.25) is 0 Å². The lowest BCUT2D eigenvalue weighted by atomic mass is 9.80. The fourth-order valence-electron chi connectivity index (χ4n) is 4.97. The van der Waals surface area contributed by atoms with Crippen molar-refractivity contribution in [2.45, 2.75) is 31.4 Å². The van der Waals surface area contributed by atoms with E-state index in [1.54, 1.807) is 23.1 Å². The monoisotopic (exact) mass is 499 g/mol. The molecule has 2 aromatic heterocycles. The molecule has 3 heterocycles. The van der Waals surface area contributed by atoms with Crippen molar-refractivity contribution < 1.29 is 14.3 Å². The topological polar surface area (TPSA) is 104 Å². The first-order valence-electron chi connectivity index (χ1n) is 11.7. The highest BCUT2D eigenvalue weighted by Gasteiger charge is 2.40. The van der Waals surface area contributed by atoms with Crippen molar-refractivity contribution in [3.8, 4) is 11.5 Å². The summed E-state index contributed by atoms with van der Waals surface area (Å²) >= 11 is 1.68. The number of rotatable bonds is 6. The first kappa shape index (κ1) is 22.4. The molecular formula is C27H25N5O3S. The molecule has 2 atom stereocenters. The van der Waals surface area contributed by atoms with E-state index in [0.717, 1.165) is 23.2 Å². The van der Waals surface area contributed by atoms with Crippen molar-refractivity contribution in [3.05, 3.63) is 93.3 Å². The van der Waals surface area contributed by atoms with Gasteiger partial charge < -0.3 is 20.5 Å². The summed E-state index contributed by atoms with van der Waals surface area (Å²) in [5.74, 6) is 2.12. The lowest BCUT2D eigenvalue weighted by molar-refractivity contribution is -0.116. The Morgan fingerprint density at radius 1 is 1.11 bits per heavy atom. The van der Waals surface area contributed by atoms with Crippen LogP contribution in [-0.2, 0) is 11.4 Å². The van der Waals surface area contributed by atoms with Gasteiger partial charge in [0.05, 0.1) is 7.11 Å². The number of anilines is 2. The number of aromatic nitrogens is 3. The quantitative estimate of drug-likeness (QED) is 0.388. The average molecular weight is 500 g/mol. The van der Waals surface area contributed by atoms with E-state index in [1.807, 2.05) is 60.0 Å². The molecular weight excluding hydrogens is 474 g/mol. The van der Waals surface area contributed by atoms with Gasteiger partial charge in [0.15, 0.2) is 17.3 Å². The molecule has 9 heteroatoms. The highest BCUT2D eigenvalue weighted by atomic mass is 32.1. The second-order valence-corrected chi connectivity index (χ2v) is 9.87. The van der Waals surface area contributed by atoms with Crippen LogP contribution in [-0.4, -0.2) is 27.7 Å². The Kier molecular flexibility index (Phi) is 5.69. The van der Waals surface area contributed by atoms with Crippen LogP contribution in [0.15, 0.2) is 77.3 Å². The number of ether oxygens (including phenoxy) is 2. The third-order valence-electron chi connectivity index (χ3n) is 6.62. The van der Waals surface area contributed by atoms with Gasteiger partial charge in [0.25, 0.3) is 0 Å². The van der Waals surface area contributed by atoms with Crippen LogP contribution >= 0.6 is 11.3 Å². The summed E-state index contributed by atoms with van der Waals surface area (Å²) in [6.45, 7) is 0.422. The van der Waals surface area contributed by atoms with Crippen molar-refractivity contribution in [2.24, 2.45) is 0 Å². The van der Waals surface area contributed by atoms with E-state index in [-0.39, 0.29) is 17.6 Å². The Morgan fingerprint density at radius 2 is 1.97 bits per heavy atom. The molecule has 0 fully saturated rings. The number of nitrogen functional groups attached to an aromatic ring is 1. The van der Waals surface area contributed by atoms with Gasteiger partial charge in [0.2, 0.25) is 11.9 Å². The molecule has 1 aliphatic carbocycles. The Morgan fingerprint density at radius 3 is 2.75 bits per heavy atom. The van der Waals surface area contributed by atoms with Crippen LogP contribution < -0.4 is 20.5 Å². The van der Waals surface area contributed by atoms with Crippen molar-refractivity contribution >= 4 is 29.0 Å². The molecule has 0 saturated heterocycles. The normalized spacial score (nSPS) is 18.9. The molecule has 0 amide bonds. The minimum atomic E-state index is -0.463. The van der Waals surface area contributed by atoms with E-state index in [2.05, 4.69) is 21.5 Å². The number of Topliss-reactive ketones (excluding diaryl/α,β-unsaturated/α-hetero) is 1. The van der Waals surface area contributed by atoms with E-state index in [9.17, 15) is 4.79 Å². The molecule has 4 aromatic rings. The van der Waals surface area contributed by atoms with Crippen LogP contribution in [0.5, 0.6) is 11.5 Å². The summed E-state index contributed by atoms with van der Waals surface area (Å²) < 4.78 is 13.4. The lowest BCUT2D eigenvalue weighted by Gasteiger charge is -2.34. The number of benzene rings is 2. The number of nitrogens with two attached hydrogens (primary N) is 1. The van der Waals surface area contributed by atoms with Crippen LogP contribution in [0.3, 0.4) is 0 Å². The van der Waals surface area contributed by atoms with Gasteiger partial charge in [-0.1, -0.05) is 42.5 Å². The minimum Gasteiger partial charge on any atom is -0.493 e. The van der Waals surface area contributed by atoms with Gasteiger partial charge in [0.1, 0.15) is 12.6 Å². The lowest BCUT2D eigenvalue weighted by Crippen LogP contribution is -2.33. The SMILES string of the molecule is COc1cc([C@H]2C3=C(C[C@@H](c4cccs4)CC3=O)Nc3nc(N)nn32)ccc1OCc1ccccc1. The Balaban J connectivity index is 1.37. The number of methoxy groups -OCH3 is 1. The molecule has 6 rings (SSSR count). The Hall–Kier alpha value is -4.11. The van der Waals surface area contributed by atoms with Crippen molar-refractivity contribution in [3.63, 3.8) is 0 Å². The molecule has 182 valence electrons. The first-order valence-corrected chi connectivity index (χ1v) is 12.6. The molecule has 36 heavy (non-hydrogen) atoms. The molecule has 0 saturated carbocycles. The number of ketones is 1. The molecule has 2 aromatic carbocycles. The smallest absolute Gasteiger partial charge is 0.241 e. The van der Waals surface area contributed by atoms with Crippen LogP contribution in [0.1, 0.15) is 40.8 Å². The van der Waals surface area contributed by atoms with Gasteiger partial charge >= 0.3 is 0 Å². The maximum Gasteiger partial charge on any atom is 0.241 e. The van der Waals surface area contributed by atoms with Gasteiger partial charge in [0, 0.05) is 28.5 Å². The number of nitrogens with one attached hydrogen (secondary N) is 1. The number of thiophene rings is 1. The number of carbonyl (C=O) groups is 1. The zero-order valence-electron chi connectivity index (χ0n) is 19.7. The summed E-state index contributed by atoms with van der Waals surface area (Å²) in [4.78, 5) is 19.2. The first-order chi connectivity index (χ1) is 17.6. The van der Waals surface area contributed by atoms with Gasteiger partial charge in [-0.3, -0.25) is 4.79 Å². The summed E-state index contributed by atoms with van der Waals surface area (Å²) in [5.41, 5.74) is 9.45. The predicted octanol–water partition coefficient (Wildman–Crippen LogP) is 4.93. The average Bonchev–Trinajstić information content (AvgIpc) is 3.56. The fourth-order valence-corrected chi connectivity index (χ4v) is 5.80. The summed E-state index contributed by atoms with van der Waals surface area (Å²) in [6.07, 6.45) is 1.17. The number of nitrogens with zero attached hydrogens (tertiary/aromatic N) is 3. The number of hydrogen-bond donors (Lipinski definition) is 2. The van der Waals surface area contributed by atoms with Crippen molar-refractivity contribution in [2.75, 3.05) is 18.2 Å². The van der Waals surface area contributed by atoms with E-state index in [4.69, 9.17) is 15.2 Å². The number of hydrogen-bond acceptors (Lipinski definition) is 8. The largest absolute Gasteiger partial charge is 0.493 e. The summed E-state index contributed by atoms with van der Waals surface area (Å²) in [7, 11) is 1.61. The predicted molar refractivity (Wildman–Crippen MR) is 138 cm³/mol. The zero-order valence-corrected chi connectivity index (χ0v) is 20.5. The third-order valence-corrected chi connectivity index (χ3v) is 7.66. The van der Waals surface area contributed by atoms with Crippen molar-refractivity contribution in [1.82, 2.24) is 14.8 Å². The summed E-state index contributed by atoms with van der Waals surface area (Å²) in [5, 5.41) is 9.81. The zero-order chi connectivity index (χ0) is 24.6. The van der Waals surface area contributed by atoms with Crippen LogP contribution in [0.4, 0.5) is 11.9 Å². The Labute approximate surface area is 212 Å². The van der Waals surface area contributed by atoms with Crippen molar-refractivity contribution in [1.29, 1.82) is 0 Å². The van der Waals surface area contributed by atoms with E-state index in [0.29, 0.717) is 36.0 Å². The maximum atomic E-state index is 13.6. The molecule has 8 nitrogen and oxygen atoms in total. The van der Waals surface area contributed by atoms with E-state index in [1.165, 1.54) is 4.88 Å². The molecule has 0 bridgehead atoms. The molecule has 0 unspecified atom stereocenters. The highest BCUT2D eigenvalue weighted by molar-refractivity contribution is 7.10. The number of carbonyl (C=O) groups excluding carboxylic acids is 1. The standard InChI is InChI=1S/C27H25N5O3S/c1-34-22-14-17(9-10-21(22)35-15-16-6-3-2-4-7-16)25-24-19(29-27-30-26(28)31-32(25)27)12-18(13-20(24)33)23-8-5-11-36-23/h2-11,14,18,25H,12-13,15H2,1H3,(H3,28,29,30,31)/t18-,25+/m1/s1.